The van der Waals surface area contributed by atoms with Gasteiger partial charge >= 0.3 is 7.60 Å². The molecule has 1 aromatic rings. The van der Waals surface area contributed by atoms with Gasteiger partial charge in [-0.05, 0) is 0 Å². The van der Waals surface area contributed by atoms with Gasteiger partial charge in [-0.2, -0.15) is 0 Å². The van der Waals surface area contributed by atoms with E-state index in [1.807, 2.05) is 0 Å². The lowest BCUT2D eigenvalue weighted by molar-refractivity contribution is 0.137. The minimum absolute atomic E-state index is 1.16. The van der Waals surface area contributed by atoms with Crippen LogP contribution < -0.4 is 0 Å². The van der Waals surface area contributed by atoms with Gasteiger partial charge in [0.2, 0.25) is 5.82 Å². The van der Waals surface area contributed by atoms with E-state index in [1.165, 1.54) is 0 Å². The van der Waals surface area contributed by atoms with Crippen molar-refractivity contribution in [1.82, 2.24) is 0 Å². The van der Waals surface area contributed by atoms with Crippen molar-refractivity contribution in [3.8, 4) is 0 Å². The fourth-order valence-corrected chi connectivity index (χ4v) is 1.37. The van der Waals surface area contributed by atoms with E-state index in [2.05, 4.69) is 4.74 Å². The SMILES string of the molecule is O=P(O)(O)COCc1c(F)c(F)c(F)c(F)c1F. The summed E-state index contributed by atoms with van der Waals surface area (Å²) in [6.45, 7) is -1.16. The van der Waals surface area contributed by atoms with Crippen LogP contribution in [0.4, 0.5) is 22.0 Å². The van der Waals surface area contributed by atoms with Crippen LogP contribution in [0, 0.1) is 29.1 Å². The van der Waals surface area contributed by atoms with Crippen molar-refractivity contribution in [2.45, 2.75) is 6.61 Å². The first-order valence-electron chi connectivity index (χ1n) is 4.27. The van der Waals surface area contributed by atoms with Crippen LogP contribution in [0.2, 0.25) is 0 Å². The number of hydrogen-bond donors (Lipinski definition) is 2. The maximum absolute atomic E-state index is 13.0. The molecule has 0 aliphatic heterocycles. The maximum atomic E-state index is 13.0. The highest BCUT2D eigenvalue weighted by Crippen LogP contribution is 2.34. The van der Waals surface area contributed by atoms with Gasteiger partial charge in [0.05, 0.1) is 12.2 Å². The van der Waals surface area contributed by atoms with E-state index in [9.17, 15) is 26.5 Å². The lowest BCUT2D eigenvalue weighted by Gasteiger charge is -2.09. The second-order valence-corrected chi connectivity index (χ2v) is 4.78. The molecule has 18 heavy (non-hydrogen) atoms. The van der Waals surface area contributed by atoms with Crippen LogP contribution in [-0.2, 0) is 15.9 Å². The summed E-state index contributed by atoms with van der Waals surface area (Å²) in [7, 11) is -4.59. The zero-order valence-corrected chi connectivity index (χ0v) is 9.36. The molecule has 0 aliphatic rings. The summed E-state index contributed by atoms with van der Waals surface area (Å²) in [4.78, 5) is 16.8. The molecule has 0 fully saturated rings. The van der Waals surface area contributed by atoms with Gasteiger partial charge in [0.25, 0.3) is 0 Å². The largest absolute Gasteiger partial charge is 0.364 e. The summed E-state index contributed by atoms with van der Waals surface area (Å²) < 4.78 is 78.6. The third-order valence-electron chi connectivity index (χ3n) is 1.81. The molecule has 1 rings (SSSR count). The minimum Gasteiger partial charge on any atom is -0.364 e. The Morgan fingerprint density at radius 3 is 1.67 bits per heavy atom. The molecule has 2 N–H and O–H groups in total. The van der Waals surface area contributed by atoms with Crippen molar-refractivity contribution in [3.05, 3.63) is 34.6 Å². The van der Waals surface area contributed by atoms with Crippen LogP contribution >= 0.6 is 7.60 Å². The van der Waals surface area contributed by atoms with Crippen molar-refractivity contribution in [2.75, 3.05) is 6.35 Å². The number of hydrogen-bond acceptors (Lipinski definition) is 2. The molecule has 0 radical (unpaired) electrons. The fourth-order valence-electron chi connectivity index (χ4n) is 1.04. The van der Waals surface area contributed by atoms with E-state index < -0.39 is 55.2 Å². The lowest BCUT2D eigenvalue weighted by atomic mass is 10.2. The molecule has 10 heteroatoms. The Balaban J connectivity index is 3.00. The topological polar surface area (TPSA) is 66.8 Å². The van der Waals surface area contributed by atoms with E-state index in [0.717, 1.165) is 0 Å². The molecule has 102 valence electrons. The maximum Gasteiger partial charge on any atom is 0.350 e. The quantitative estimate of drug-likeness (QED) is 0.386. The second-order valence-electron chi connectivity index (χ2n) is 3.19. The van der Waals surface area contributed by atoms with Gasteiger partial charge in [-0.1, -0.05) is 0 Å². The molecule has 0 saturated carbocycles. The Kier molecular flexibility index (Phi) is 4.44. The molecule has 0 bridgehead atoms. The zero-order chi connectivity index (χ0) is 14.1. The van der Waals surface area contributed by atoms with Crippen LogP contribution in [0.15, 0.2) is 0 Å². The van der Waals surface area contributed by atoms with Crippen LogP contribution in [0.1, 0.15) is 5.56 Å². The van der Waals surface area contributed by atoms with E-state index in [1.54, 1.807) is 0 Å². The van der Waals surface area contributed by atoms with Crippen LogP contribution in [0.5, 0.6) is 0 Å². The Morgan fingerprint density at radius 2 is 1.28 bits per heavy atom. The molecule has 0 atom stereocenters. The smallest absolute Gasteiger partial charge is 0.350 e. The summed E-state index contributed by atoms with van der Waals surface area (Å²) in [6, 6.07) is 0. The summed E-state index contributed by atoms with van der Waals surface area (Å²) in [6.07, 6.45) is -1.20. The van der Waals surface area contributed by atoms with Gasteiger partial charge in [0, 0.05) is 0 Å². The molecule has 0 saturated heterocycles. The van der Waals surface area contributed by atoms with Crippen LogP contribution in [-0.4, -0.2) is 16.1 Å². The minimum atomic E-state index is -4.59. The van der Waals surface area contributed by atoms with Crippen molar-refractivity contribution < 1.29 is 41.0 Å². The van der Waals surface area contributed by atoms with E-state index >= 15 is 0 Å². The third-order valence-corrected chi connectivity index (χ3v) is 2.33. The third kappa shape index (κ3) is 3.26. The normalized spacial score (nSPS) is 11.9. The number of ether oxygens (including phenoxy) is 1. The van der Waals surface area contributed by atoms with Crippen molar-refractivity contribution >= 4 is 7.60 Å². The van der Waals surface area contributed by atoms with Gasteiger partial charge in [0.15, 0.2) is 23.3 Å². The predicted octanol–water partition coefficient (Wildman–Crippen LogP) is 2.03. The second kappa shape index (κ2) is 5.31. The summed E-state index contributed by atoms with van der Waals surface area (Å²) in [5.41, 5.74) is -1.29. The Labute approximate surface area is 97.2 Å². The molecule has 1 aromatic carbocycles. The molecule has 0 heterocycles. The summed E-state index contributed by atoms with van der Waals surface area (Å²) >= 11 is 0. The first-order valence-corrected chi connectivity index (χ1v) is 6.07. The molecule has 0 aliphatic carbocycles. The summed E-state index contributed by atoms with van der Waals surface area (Å²) in [5.74, 6) is -10.8. The van der Waals surface area contributed by atoms with E-state index in [-0.39, 0.29) is 0 Å². The average molecular weight is 292 g/mol. The van der Waals surface area contributed by atoms with Crippen molar-refractivity contribution in [2.24, 2.45) is 0 Å². The number of benzene rings is 1. The summed E-state index contributed by atoms with van der Waals surface area (Å²) in [5, 5.41) is 0. The van der Waals surface area contributed by atoms with Gasteiger partial charge < -0.3 is 14.5 Å². The Hall–Kier alpha value is -1.02. The van der Waals surface area contributed by atoms with Gasteiger partial charge in [-0.3, -0.25) is 4.57 Å². The van der Waals surface area contributed by atoms with E-state index in [4.69, 9.17) is 9.79 Å². The van der Waals surface area contributed by atoms with Crippen molar-refractivity contribution in [1.29, 1.82) is 0 Å². The molecular weight excluding hydrogens is 286 g/mol. The molecule has 4 nitrogen and oxygen atoms in total. The molecule has 0 spiro atoms. The number of rotatable bonds is 4. The van der Waals surface area contributed by atoms with Gasteiger partial charge in [-0.25, -0.2) is 22.0 Å². The fraction of sp³-hybridized carbons (Fsp3) is 0.250. The van der Waals surface area contributed by atoms with Gasteiger partial charge in [0.1, 0.15) is 6.35 Å². The lowest BCUT2D eigenvalue weighted by Crippen LogP contribution is -2.09. The predicted molar refractivity (Wildman–Crippen MR) is 47.9 cm³/mol. The Morgan fingerprint density at radius 1 is 0.889 bits per heavy atom. The van der Waals surface area contributed by atoms with Gasteiger partial charge in [-0.15, -0.1) is 0 Å². The Bertz CT molecular complexity index is 486. The monoisotopic (exact) mass is 292 g/mol. The molecule has 0 aromatic heterocycles. The first kappa shape index (κ1) is 15.0. The standard InChI is InChI=1S/C8H6F5O4P/c9-4-3(1-17-2-18(14,15)16)5(10)7(12)8(13)6(4)11/h1-2H2,(H2,14,15,16). The van der Waals surface area contributed by atoms with Crippen LogP contribution in [0.25, 0.3) is 0 Å². The number of halogens is 5. The molecule has 0 amide bonds. The van der Waals surface area contributed by atoms with E-state index in [0.29, 0.717) is 0 Å². The highest BCUT2D eigenvalue weighted by atomic mass is 31.2. The molecule has 0 unspecified atom stereocenters. The zero-order valence-electron chi connectivity index (χ0n) is 8.46. The molecular formula is C8H6F5O4P. The highest BCUT2D eigenvalue weighted by molar-refractivity contribution is 7.51. The van der Waals surface area contributed by atoms with Crippen molar-refractivity contribution in [3.63, 3.8) is 0 Å². The van der Waals surface area contributed by atoms with Crippen LogP contribution in [0.3, 0.4) is 0 Å². The highest BCUT2D eigenvalue weighted by Gasteiger charge is 2.26. The first-order chi connectivity index (χ1) is 8.15. The average Bonchev–Trinajstić information content (AvgIpc) is 2.27.